The highest BCUT2D eigenvalue weighted by Crippen LogP contribution is 2.20. The molecule has 2 N–H and O–H groups in total. The van der Waals surface area contributed by atoms with Gasteiger partial charge in [0.2, 0.25) is 5.91 Å². The highest BCUT2D eigenvalue weighted by molar-refractivity contribution is 5.81. The van der Waals surface area contributed by atoms with Crippen LogP contribution in [0.1, 0.15) is 32.6 Å². The standard InChI is InChI=1S/C17H30F3N5O/c1-13-4-3-8-25(10-13)15(26)5-7-22-16(21-2)23-14-6-9-24(11-14)12-17(18,19)20/h13-14H,3-12H2,1-2H3,(H2,21,22,23). The monoisotopic (exact) mass is 377 g/mol. The molecule has 0 aromatic heterocycles. The van der Waals surface area contributed by atoms with E-state index < -0.39 is 12.7 Å². The van der Waals surface area contributed by atoms with E-state index in [9.17, 15) is 18.0 Å². The Labute approximate surface area is 153 Å². The van der Waals surface area contributed by atoms with Crippen molar-refractivity contribution in [3.05, 3.63) is 0 Å². The van der Waals surface area contributed by atoms with Gasteiger partial charge in [-0.05, 0) is 25.2 Å². The van der Waals surface area contributed by atoms with Crippen LogP contribution >= 0.6 is 0 Å². The van der Waals surface area contributed by atoms with Crippen molar-refractivity contribution in [2.45, 2.75) is 44.8 Å². The molecule has 150 valence electrons. The average Bonchev–Trinajstić information content (AvgIpc) is 2.98. The summed E-state index contributed by atoms with van der Waals surface area (Å²) in [6.45, 7) is 4.15. The Morgan fingerprint density at radius 2 is 2.00 bits per heavy atom. The maximum atomic E-state index is 12.4. The summed E-state index contributed by atoms with van der Waals surface area (Å²) in [5.74, 6) is 1.22. The number of hydrogen-bond acceptors (Lipinski definition) is 3. The molecule has 6 nitrogen and oxygen atoms in total. The molecule has 2 atom stereocenters. The van der Waals surface area contributed by atoms with Crippen LogP contribution in [-0.2, 0) is 4.79 Å². The number of nitrogens with one attached hydrogen (secondary N) is 2. The molecule has 2 unspecified atom stereocenters. The lowest BCUT2D eigenvalue weighted by atomic mass is 10.00. The fourth-order valence-electron chi connectivity index (χ4n) is 3.60. The molecule has 2 heterocycles. The van der Waals surface area contributed by atoms with Crippen LogP contribution in [0.4, 0.5) is 13.2 Å². The summed E-state index contributed by atoms with van der Waals surface area (Å²) in [6, 6.07) is -0.0674. The Hall–Kier alpha value is -1.51. The highest BCUT2D eigenvalue weighted by Gasteiger charge is 2.34. The van der Waals surface area contributed by atoms with Crippen molar-refractivity contribution in [1.29, 1.82) is 0 Å². The molecule has 0 bridgehead atoms. The van der Waals surface area contributed by atoms with E-state index >= 15 is 0 Å². The van der Waals surface area contributed by atoms with Crippen LogP contribution in [0, 0.1) is 5.92 Å². The van der Waals surface area contributed by atoms with Gasteiger partial charge in [-0.15, -0.1) is 0 Å². The predicted octanol–water partition coefficient (Wildman–Crippen LogP) is 1.44. The van der Waals surface area contributed by atoms with Gasteiger partial charge in [0.15, 0.2) is 5.96 Å². The van der Waals surface area contributed by atoms with Gasteiger partial charge < -0.3 is 15.5 Å². The Morgan fingerprint density at radius 3 is 2.65 bits per heavy atom. The van der Waals surface area contributed by atoms with Gasteiger partial charge in [0.1, 0.15) is 0 Å². The predicted molar refractivity (Wildman–Crippen MR) is 95.0 cm³/mol. The summed E-state index contributed by atoms with van der Waals surface area (Å²) in [5.41, 5.74) is 0. The minimum atomic E-state index is -4.17. The molecule has 0 saturated carbocycles. The fourth-order valence-corrected chi connectivity index (χ4v) is 3.60. The van der Waals surface area contributed by atoms with Gasteiger partial charge in [0, 0.05) is 52.2 Å². The second-order valence-corrected chi connectivity index (χ2v) is 7.32. The molecular formula is C17H30F3N5O. The summed E-state index contributed by atoms with van der Waals surface area (Å²) in [4.78, 5) is 19.7. The molecule has 2 rings (SSSR count). The lowest BCUT2D eigenvalue weighted by Gasteiger charge is -2.31. The third-order valence-electron chi connectivity index (χ3n) is 4.88. The normalized spacial score (nSPS) is 25.4. The van der Waals surface area contributed by atoms with Gasteiger partial charge in [-0.25, -0.2) is 0 Å². The van der Waals surface area contributed by atoms with E-state index in [1.54, 1.807) is 7.05 Å². The number of carbonyl (C=O) groups excluding carboxylic acids is 1. The van der Waals surface area contributed by atoms with Crippen LogP contribution in [0.3, 0.4) is 0 Å². The number of guanidine groups is 1. The minimum absolute atomic E-state index is 0.0674. The number of hydrogen-bond donors (Lipinski definition) is 2. The maximum absolute atomic E-state index is 12.4. The van der Waals surface area contributed by atoms with Crippen molar-refractivity contribution < 1.29 is 18.0 Å². The van der Waals surface area contributed by atoms with Crippen molar-refractivity contribution in [2.75, 3.05) is 46.3 Å². The SMILES string of the molecule is CN=C(NCCC(=O)N1CCCC(C)C1)NC1CCN(CC(F)(F)F)C1. The first-order valence-corrected chi connectivity index (χ1v) is 9.31. The van der Waals surface area contributed by atoms with Crippen molar-refractivity contribution >= 4 is 11.9 Å². The van der Waals surface area contributed by atoms with Gasteiger partial charge in [-0.1, -0.05) is 6.92 Å². The average molecular weight is 377 g/mol. The number of nitrogens with zero attached hydrogens (tertiary/aromatic N) is 3. The Kier molecular flexibility index (Phi) is 7.55. The zero-order valence-electron chi connectivity index (χ0n) is 15.6. The van der Waals surface area contributed by atoms with Crippen LogP contribution in [0.15, 0.2) is 4.99 Å². The quantitative estimate of drug-likeness (QED) is 0.562. The van der Waals surface area contributed by atoms with Crippen LogP contribution in [0.25, 0.3) is 0 Å². The van der Waals surface area contributed by atoms with E-state index in [4.69, 9.17) is 0 Å². The molecule has 26 heavy (non-hydrogen) atoms. The fraction of sp³-hybridized carbons (Fsp3) is 0.882. The number of piperidine rings is 1. The minimum Gasteiger partial charge on any atom is -0.356 e. The van der Waals surface area contributed by atoms with Crippen LogP contribution in [0.5, 0.6) is 0 Å². The Bertz CT molecular complexity index is 497. The van der Waals surface area contributed by atoms with Gasteiger partial charge in [0.25, 0.3) is 0 Å². The topological polar surface area (TPSA) is 60.0 Å². The van der Waals surface area contributed by atoms with E-state index in [0.29, 0.717) is 44.4 Å². The molecule has 0 aromatic rings. The van der Waals surface area contributed by atoms with Crippen LogP contribution < -0.4 is 10.6 Å². The van der Waals surface area contributed by atoms with Crippen LogP contribution in [0.2, 0.25) is 0 Å². The smallest absolute Gasteiger partial charge is 0.356 e. The number of amides is 1. The number of alkyl halides is 3. The first-order chi connectivity index (χ1) is 12.3. The second-order valence-electron chi connectivity index (χ2n) is 7.32. The molecule has 2 aliphatic heterocycles. The molecule has 0 spiro atoms. The van der Waals surface area contributed by atoms with Gasteiger partial charge in [0.05, 0.1) is 6.54 Å². The van der Waals surface area contributed by atoms with E-state index in [1.807, 2.05) is 4.90 Å². The molecule has 2 saturated heterocycles. The first kappa shape index (κ1) is 20.8. The van der Waals surface area contributed by atoms with Crippen LogP contribution in [-0.4, -0.2) is 80.2 Å². The summed E-state index contributed by atoms with van der Waals surface area (Å²) >= 11 is 0. The van der Waals surface area contributed by atoms with E-state index in [2.05, 4.69) is 22.5 Å². The molecule has 0 radical (unpaired) electrons. The van der Waals surface area contributed by atoms with Crippen molar-refractivity contribution in [1.82, 2.24) is 20.4 Å². The third kappa shape index (κ3) is 7.01. The van der Waals surface area contributed by atoms with Gasteiger partial charge >= 0.3 is 6.18 Å². The Morgan fingerprint density at radius 1 is 1.23 bits per heavy atom. The molecule has 2 fully saturated rings. The van der Waals surface area contributed by atoms with Crippen molar-refractivity contribution in [3.8, 4) is 0 Å². The van der Waals surface area contributed by atoms with Crippen molar-refractivity contribution in [2.24, 2.45) is 10.9 Å². The molecule has 0 aliphatic carbocycles. The van der Waals surface area contributed by atoms with Gasteiger partial charge in [-0.2, -0.15) is 13.2 Å². The maximum Gasteiger partial charge on any atom is 0.401 e. The first-order valence-electron chi connectivity index (χ1n) is 9.31. The molecule has 0 aromatic carbocycles. The molecule has 9 heteroatoms. The van der Waals surface area contributed by atoms with Gasteiger partial charge in [-0.3, -0.25) is 14.7 Å². The lowest BCUT2D eigenvalue weighted by Crippen LogP contribution is -2.46. The van der Waals surface area contributed by atoms with Crippen molar-refractivity contribution in [3.63, 3.8) is 0 Å². The molecule has 2 aliphatic rings. The summed E-state index contributed by atoms with van der Waals surface area (Å²) in [5, 5.41) is 6.24. The number of carbonyl (C=O) groups is 1. The lowest BCUT2D eigenvalue weighted by molar-refractivity contribution is -0.143. The molecular weight excluding hydrogens is 347 g/mol. The zero-order chi connectivity index (χ0) is 19.2. The van der Waals surface area contributed by atoms with E-state index in [-0.39, 0.29) is 11.9 Å². The number of likely N-dealkylation sites (tertiary alicyclic amines) is 2. The third-order valence-corrected chi connectivity index (χ3v) is 4.88. The second kappa shape index (κ2) is 9.43. The zero-order valence-corrected chi connectivity index (χ0v) is 15.6. The number of aliphatic imine (C=N–C) groups is 1. The largest absolute Gasteiger partial charge is 0.401 e. The van der Waals surface area contributed by atoms with E-state index in [0.717, 1.165) is 19.5 Å². The number of rotatable bonds is 5. The van der Waals surface area contributed by atoms with E-state index in [1.165, 1.54) is 11.3 Å². The molecule has 1 amide bonds. The summed E-state index contributed by atoms with van der Waals surface area (Å²) in [7, 11) is 1.62. The summed E-state index contributed by atoms with van der Waals surface area (Å²) < 4.78 is 37.3. The summed E-state index contributed by atoms with van der Waals surface area (Å²) in [6.07, 6.45) is -0.911. The Balaban J connectivity index is 1.67. The highest BCUT2D eigenvalue weighted by atomic mass is 19.4. The number of halogens is 3.